The lowest BCUT2D eigenvalue weighted by Crippen LogP contribution is -2.48. The molecule has 3 unspecified atom stereocenters. The van der Waals surface area contributed by atoms with Gasteiger partial charge in [-0.15, -0.1) is 12.4 Å². The third-order valence-corrected chi connectivity index (χ3v) is 4.64. The number of carbonyl (C=O) groups excluding carboxylic acids is 1. The van der Waals surface area contributed by atoms with Crippen LogP contribution in [0.3, 0.4) is 0 Å². The smallest absolute Gasteiger partial charge is 0.222 e. The number of carbonyl (C=O) groups is 1. The Morgan fingerprint density at radius 3 is 2.62 bits per heavy atom. The Labute approximate surface area is 135 Å². The van der Waals surface area contributed by atoms with Crippen molar-refractivity contribution in [3.05, 3.63) is 0 Å². The van der Waals surface area contributed by atoms with Crippen LogP contribution in [-0.4, -0.2) is 37.7 Å². The molecule has 1 aliphatic heterocycles. The summed E-state index contributed by atoms with van der Waals surface area (Å²) in [4.78, 5) is 12.2. The van der Waals surface area contributed by atoms with Crippen LogP contribution < -0.4 is 10.6 Å². The summed E-state index contributed by atoms with van der Waals surface area (Å²) < 4.78 is 5.61. The van der Waals surface area contributed by atoms with Crippen molar-refractivity contribution < 1.29 is 9.53 Å². The first-order valence-electron chi connectivity index (χ1n) is 8.08. The second-order valence-electron chi connectivity index (χ2n) is 7.33. The maximum absolute atomic E-state index is 12.2. The molecule has 3 atom stereocenters. The zero-order valence-corrected chi connectivity index (χ0v) is 14.4. The number of amides is 1. The van der Waals surface area contributed by atoms with Crippen molar-refractivity contribution in [1.29, 1.82) is 0 Å². The SMILES string of the molecule is CC(C)(C)C1CCCCC1NC(=O)CC1CNCCO1.Cl. The number of ether oxygens (including phenoxy) is 1. The Morgan fingerprint density at radius 1 is 1.29 bits per heavy atom. The molecule has 5 heteroatoms. The van der Waals surface area contributed by atoms with Gasteiger partial charge in [0.15, 0.2) is 0 Å². The molecule has 124 valence electrons. The molecule has 0 bridgehead atoms. The molecule has 4 nitrogen and oxygen atoms in total. The molecule has 21 heavy (non-hydrogen) atoms. The molecular weight excluding hydrogens is 288 g/mol. The maximum Gasteiger partial charge on any atom is 0.222 e. The van der Waals surface area contributed by atoms with E-state index in [1.165, 1.54) is 19.3 Å². The van der Waals surface area contributed by atoms with Crippen LogP contribution in [0.4, 0.5) is 0 Å². The minimum absolute atomic E-state index is 0. The molecule has 0 radical (unpaired) electrons. The highest BCUT2D eigenvalue weighted by Crippen LogP contribution is 2.38. The van der Waals surface area contributed by atoms with Gasteiger partial charge in [0.05, 0.1) is 19.1 Å². The summed E-state index contributed by atoms with van der Waals surface area (Å²) in [5.74, 6) is 0.741. The summed E-state index contributed by atoms with van der Waals surface area (Å²) in [7, 11) is 0. The molecule has 0 spiro atoms. The third-order valence-electron chi connectivity index (χ3n) is 4.64. The van der Waals surface area contributed by atoms with Crippen molar-refractivity contribution in [2.45, 2.75) is 65.0 Å². The van der Waals surface area contributed by atoms with Crippen LogP contribution in [0.25, 0.3) is 0 Å². The van der Waals surface area contributed by atoms with Gasteiger partial charge in [0, 0.05) is 19.1 Å². The van der Waals surface area contributed by atoms with Crippen molar-refractivity contribution in [1.82, 2.24) is 10.6 Å². The first-order chi connectivity index (χ1) is 9.47. The van der Waals surface area contributed by atoms with Crippen LogP contribution >= 0.6 is 12.4 Å². The largest absolute Gasteiger partial charge is 0.375 e. The predicted octanol–water partition coefficient (Wildman–Crippen LogP) is 2.51. The topological polar surface area (TPSA) is 50.4 Å². The van der Waals surface area contributed by atoms with Crippen LogP contribution in [-0.2, 0) is 9.53 Å². The van der Waals surface area contributed by atoms with Gasteiger partial charge in [0.25, 0.3) is 0 Å². The molecule has 1 saturated carbocycles. The molecule has 1 heterocycles. The van der Waals surface area contributed by atoms with Gasteiger partial charge in [-0.25, -0.2) is 0 Å². The third kappa shape index (κ3) is 5.76. The summed E-state index contributed by atoms with van der Waals surface area (Å²) in [5.41, 5.74) is 0.265. The Bertz CT molecular complexity index is 325. The molecule has 1 saturated heterocycles. The van der Waals surface area contributed by atoms with Crippen LogP contribution in [0.5, 0.6) is 0 Å². The van der Waals surface area contributed by atoms with Gasteiger partial charge in [-0.3, -0.25) is 4.79 Å². The normalized spacial score (nSPS) is 30.3. The van der Waals surface area contributed by atoms with E-state index in [1.54, 1.807) is 0 Å². The van der Waals surface area contributed by atoms with Crippen LogP contribution in [0.2, 0.25) is 0 Å². The molecule has 2 N–H and O–H groups in total. The zero-order valence-electron chi connectivity index (χ0n) is 13.6. The zero-order chi connectivity index (χ0) is 14.6. The van der Waals surface area contributed by atoms with E-state index < -0.39 is 0 Å². The van der Waals surface area contributed by atoms with Gasteiger partial charge < -0.3 is 15.4 Å². The number of rotatable bonds is 3. The van der Waals surface area contributed by atoms with Gasteiger partial charge in [-0.05, 0) is 24.2 Å². The van der Waals surface area contributed by atoms with Gasteiger partial charge in [0.1, 0.15) is 0 Å². The van der Waals surface area contributed by atoms with Gasteiger partial charge in [0.2, 0.25) is 5.91 Å². The quantitative estimate of drug-likeness (QED) is 0.840. The summed E-state index contributed by atoms with van der Waals surface area (Å²) in [5, 5.41) is 6.55. The van der Waals surface area contributed by atoms with Crippen LogP contribution in [0.15, 0.2) is 0 Å². The van der Waals surface area contributed by atoms with E-state index in [4.69, 9.17) is 4.74 Å². The van der Waals surface area contributed by atoms with Gasteiger partial charge >= 0.3 is 0 Å². The molecule has 0 aromatic heterocycles. The minimum Gasteiger partial charge on any atom is -0.375 e. The van der Waals surface area contributed by atoms with Crippen molar-refractivity contribution in [3.63, 3.8) is 0 Å². The molecule has 2 rings (SSSR count). The summed E-state index contributed by atoms with van der Waals surface area (Å²) in [6.45, 7) is 9.27. The number of halogens is 1. The van der Waals surface area contributed by atoms with E-state index in [-0.39, 0.29) is 29.8 Å². The van der Waals surface area contributed by atoms with E-state index in [0.717, 1.165) is 19.5 Å². The monoisotopic (exact) mass is 318 g/mol. The highest BCUT2D eigenvalue weighted by Gasteiger charge is 2.35. The Hall–Kier alpha value is -0.320. The molecule has 2 aliphatic rings. The van der Waals surface area contributed by atoms with Crippen LogP contribution in [0, 0.1) is 11.3 Å². The van der Waals surface area contributed by atoms with Crippen molar-refractivity contribution in [3.8, 4) is 0 Å². The first-order valence-corrected chi connectivity index (χ1v) is 8.08. The summed E-state index contributed by atoms with van der Waals surface area (Å²) in [6.07, 6.45) is 5.41. The highest BCUT2D eigenvalue weighted by atomic mass is 35.5. The van der Waals surface area contributed by atoms with Crippen molar-refractivity contribution >= 4 is 18.3 Å². The van der Waals surface area contributed by atoms with Gasteiger partial charge in [-0.1, -0.05) is 33.6 Å². The second-order valence-corrected chi connectivity index (χ2v) is 7.33. The Balaban J connectivity index is 0.00000220. The standard InChI is InChI=1S/C16H30N2O2.ClH/c1-16(2,3)13-6-4-5-7-14(13)18-15(19)10-12-11-17-8-9-20-12;/h12-14,17H,4-11H2,1-3H3,(H,18,19);1H. The number of nitrogens with one attached hydrogen (secondary N) is 2. The maximum atomic E-state index is 12.2. The average Bonchev–Trinajstić information content (AvgIpc) is 2.39. The fraction of sp³-hybridized carbons (Fsp3) is 0.938. The molecule has 1 amide bonds. The lowest BCUT2D eigenvalue weighted by atomic mass is 9.69. The number of hydrogen-bond donors (Lipinski definition) is 2. The Kier molecular flexibility index (Phi) is 7.45. The fourth-order valence-corrected chi connectivity index (χ4v) is 3.56. The molecular formula is C16H31ClN2O2. The minimum atomic E-state index is 0. The van der Waals surface area contributed by atoms with E-state index in [9.17, 15) is 4.79 Å². The Morgan fingerprint density at radius 2 is 2.00 bits per heavy atom. The number of hydrogen-bond acceptors (Lipinski definition) is 3. The molecule has 0 aromatic rings. The first kappa shape index (κ1) is 18.7. The number of morpholine rings is 1. The van der Waals surface area contributed by atoms with Crippen molar-refractivity contribution in [2.24, 2.45) is 11.3 Å². The molecule has 0 aromatic carbocycles. The van der Waals surface area contributed by atoms with Crippen molar-refractivity contribution in [2.75, 3.05) is 19.7 Å². The predicted molar refractivity (Wildman–Crippen MR) is 87.8 cm³/mol. The fourth-order valence-electron chi connectivity index (χ4n) is 3.56. The lowest BCUT2D eigenvalue weighted by molar-refractivity contribution is -0.126. The average molecular weight is 319 g/mol. The van der Waals surface area contributed by atoms with E-state index in [2.05, 4.69) is 31.4 Å². The van der Waals surface area contributed by atoms with E-state index >= 15 is 0 Å². The lowest BCUT2D eigenvalue weighted by Gasteiger charge is -2.41. The summed E-state index contributed by atoms with van der Waals surface area (Å²) >= 11 is 0. The van der Waals surface area contributed by atoms with E-state index in [1.807, 2.05) is 0 Å². The summed E-state index contributed by atoms with van der Waals surface area (Å²) in [6, 6.07) is 0.341. The second kappa shape index (κ2) is 8.35. The van der Waals surface area contributed by atoms with Crippen LogP contribution in [0.1, 0.15) is 52.9 Å². The van der Waals surface area contributed by atoms with Gasteiger partial charge in [-0.2, -0.15) is 0 Å². The van der Waals surface area contributed by atoms with E-state index in [0.29, 0.717) is 25.0 Å². The highest BCUT2D eigenvalue weighted by molar-refractivity contribution is 5.85. The molecule has 2 fully saturated rings. The molecule has 1 aliphatic carbocycles.